The summed E-state index contributed by atoms with van der Waals surface area (Å²) in [7, 11) is -3.63. The van der Waals surface area contributed by atoms with E-state index in [0.29, 0.717) is 10.0 Å². The van der Waals surface area contributed by atoms with Gasteiger partial charge in [-0.1, -0.05) is 35.6 Å². The summed E-state index contributed by atoms with van der Waals surface area (Å²) in [5, 5.41) is 1.96. The monoisotopic (exact) mass is 379 g/mol. The van der Waals surface area contributed by atoms with E-state index in [1.165, 1.54) is 6.07 Å². The standard InChI is InChI=1S/C16H10ClNO2S3/c17-15-8-9-16(22-15)23(19,20)18-13-4-1-3-12(11-13)6-7-14-5-2-10-21-14/h1-5,8-11,18H. The maximum atomic E-state index is 12.3. The molecule has 116 valence electrons. The number of rotatable bonds is 3. The highest BCUT2D eigenvalue weighted by molar-refractivity contribution is 7.94. The van der Waals surface area contributed by atoms with Crippen molar-refractivity contribution in [2.24, 2.45) is 0 Å². The van der Waals surface area contributed by atoms with E-state index in [4.69, 9.17) is 11.6 Å². The maximum absolute atomic E-state index is 12.3. The first kappa shape index (κ1) is 16.1. The van der Waals surface area contributed by atoms with Crippen molar-refractivity contribution in [2.75, 3.05) is 4.72 Å². The summed E-state index contributed by atoms with van der Waals surface area (Å²) < 4.78 is 27.7. The van der Waals surface area contributed by atoms with Crippen LogP contribution in [0.4, 0.5) is 5.69 Å². The average Bonchev–Trinajstić information content (AvgIpc) is 3.16. The molecule has 0 aliphatic carbocycles. The van der Waals surface area contributed by atoms with E-state index in [-0.39, 0.29) is 4.21 Å². The zero-order valence-electron chi connectivity index (χ0n) is 11.6. The molecular weight excluding hydrogens is 370 g/mol. The second kappa shape index (κ2) is 6.77. The van der Waals surface area contributed by atoms with E-state index < -0.39 is 10.0 Å². The van der Waals surface area contributed by atoms with Crippen molar-refractivity contribution >= 4 is 50.0 Å². The fraction of sp³-hybridized carbons (Fsp3) is 0. The molecule has 0 aliphatic rings. The lowest BCUT2D eigenvalue weighted by molar-refractivity contribution is 0.603. The second-order valence-electron chi connectivity index (χ2n) is 4.47. The molecule has 3 rings (SSSR count). The Balaban J connectivity index is 1.83. The van der Waals surface area contributed by atoms with Crippen molar-refractivity contribution in [3.8, 4) is 11.8 Å². The number of anilines is 1. The van der Waals surface area contributed by atoms with Gasteiger partial charge in [0.15, 0.2) is 0 Å². The lowest BCUT2D eigenvalue weighted by Gasteiger charge is -2.06. The lowest BCUT2D eigenvalue weighted by Crippen LogP contribution is -2.11. The van der Waals surface area contributed by atoms with E-state index in [1.807, 2.05) is 23.6 Å². The number of thiophene rings is 2. The van der Waals surface area contributed by atoms with Crippen LogP contribution in [0.1, 0.15) is 10.4 Å². The maximum Gasteiger partial charge on any atom is 0.271 e. The van der Waals surface area contributed by atoms with Crippen LogP contribution in [0.2, 0.25) is 4.34 Å². The smallest absolute Gasteiger partial charge is 0.271 e. The Morgan fingerprint density at radius 2 is 1.91 bits per heavy atom. The van der Waals surface area contributed by atoms with E-state index in [1.54, 1.807) is 35.6 Å². The van der Waals surface area contributed by atoms with Crippen molar-refractivity contribution in [3.05, 3.63) is 68.7 Å². The number of halogens is 1. The van der Waals surface area contributed by atoms with Gasteiger partial charge in [-0.05, 0) is 41.8 Å². The van der Waals surface area contributed by atoms with Gasteiger partial charge in [0.25, 0.3) is 10.0 Å². The first-order chi connectivity index (χ1) is 11.0. The molecule has 7 heteroatoms. The first-order valence-corrected chi connectivity index (χ1v) is 10.0. The number of sulfonamides is 1. The molecule has 0 amide bonds. The summed E-state index contributed by atoms with van der Waals surface area (Å²) in [6.07, 6.45) is 0. The third-order valence-corrected chi connectivity index (χ3v) is 6.67. The van der Waals surface area contributed by atoms with Gasteiger partial charge in [-0.2, -0.15) is 0 Å². The highest BCUT2D eigenvalue weighted by atomic mass is 35.5. The molecule has 0 bridgehead atoms. The molecule has 0 radical (unpaired) electrons. The number of nitrogens with one attached hydrogen (secondary N) is 1. The Kier molecular flexibility index (Phi) is 4.74. The zero-order chi connectivity index (χ0) is 16.3. The van der Waals surface area contributed by atoms with Crippen LogP contribution in [-0.2, 0) is 10.0 Å². The molecule has 0 aliphatic heterocycles. The molecule has 1 N–H and O–H groups in total. The van der Waals surface area contributed by atoms with E-state index in [0.717, 1.165) is 21.8 Å². The SMILES string of the molecule is O=S(=O)(Nc1cccc(C#Cc2cccs2)c1)c1ccc(Cl)s1. The lowest BCUT2D eigenvalue weighted by atomic mass is 10.2. The Morgan fingerprint density at radius 1 is 1.04 bits per heavy atom. The van der Waals surface area contributed by atoms with Gasteiger partial charge in [0, 0.05) is 5.56 Å². The van der Waals surface area contributed by atoms with Crippen LogP contribution in [0.25, 0.3) is 0 Å². The van der Waals surface area contributed by atoms with Crippen LogP contribution in [-0.4, -0.2) is 8.42 Å². The number of hydrogen-bond acceptors (Lipinski definition) is 4. The molecule has 0 fully saturated rings. The predicted molar refractivity (Wildman–Crippen MR) is 96.9 cm³/mol. The zero-order valence-corrected chi connectivity index (χ0v) is 14.8. The minimum absolute atomic E-state index is 0.178. The van der Waals surface area contributed by atoms with Crippen molar-refractivity contribution in [3.63, 3.8) is 0 Å². The summed E-state index contributed by atoms with van der Waals surface area (Å²) in [4.78, 5) is 0.962. The molecule has 0 atom stereocenters. The molecule has 0 unspecified atom stereocenters. The summed E-state index contributed by atoms with van der Waals surface area (Å²) in [6, 6.07) is 13.9. The molecule has 0 saturated heterocycles. The topological polar surface area (TPSA) is 46.2 Å². The van der Waals surface area contributed by atoms with E-state index in [9.17, 15) is 8.42 Å². The molecule has 2 aromatic heterocycles. The highest BCUT2D eigenvalue weighted by Gasteiger charge is 2.16. The second-order valence-corrected chi connectivity index (χ2v) is 9.04. The van der Waals surface area contributed by atoms with Gasteiger partial charge in [-0.25, -0.2) is 8.42 Å². The quantitative estimate of drug-likeness (QED) is 0.672. The van der Waals surface area contributed by atoms with Crippen LogP contribution >= 0.6 is 34.3 Å². The predicted octanol–water partition coefficient (Wildman–Crippen LogP) is 4.66. The Hall–Kier alpha value is -1.78. The molecule has 23 heavy (non-hydrogen) atoms. The molecule has 0 spiro atoms. The Bertz CT molecular complexity index is 980. The van der Waals surface area contributed by atoms with Crippen LogP contribution in [0.3, 0.4) is 0 Å². The van der Waals surface area contributed by atoms with Gasteiger partial charge in [-0.15, -0.1) is 22.7 Å². The largest absolute Gasteiger partial charge is 0.279 e. The number of hydrogen-bond donors (Lipinski definition) is 1. The highest BCUT2D eigenvalue weighted by Crippen LogP contribution is 2.27. The fourth-order valence-electron chi connectivity index (χ4n) is 1.79. The number of benzene rings is 1. The van der Waals surface area contributed by atoms with Crippen molar-refractivity contribution in [2.45, 2.75) is 4.21 Å². The minimum Gasteiger partial charge on any atom is -0.279 e. The first-order valence-electron chi connectivity index (χ1n) is 6.47. The summed E-state index contributed by atoms with van der Waals surface area (Å²) in [6.45, 7) is 0. The van der Waals surface area contributed by atoms with Gasteiger partial charge < -0.3 is 0 Å². The average molecular weight is 380 g/mol. The molecular formula is C16H10ClNO2S3. The third-order valence-electron chi connectivity index (χ3n) is 2.78. The molecule has 3 nitrogen and oxygen atoms in total. The third kappa shape index (κ3) is 4.15. The van der Waals surface area contributed by atoms with Crippen molar-refractivity contribution in [1.29, 1.82) is 0 Å². The summed E-state index contributed by atoms with van der Waals surface area (Å²) in [5.41, 5.74) is 1.20. The Labute approximate surface area is 147 Å². The fourth-order valence-corrected chi connectivity index (χ4v) is 4.89. The summed E-state index contributed by atoms with van der Waals surface area (Å²) >= 11 is 8.37. The van der Waals surface area contributed by atoms with Crippen LogP contribution in [0.15, 0.2) is 58.1 Å². The van der Waals surface area contributed by atoms with Crippen molar-refractivity contribution in [1.82, 2.24) is 0 Å². The van der Waals surface area contributed by atoms with Gasteiger partial charge in [0.05, 0.1) is 14.9 Å². The van der Waals surface area contributed by atoms with Gasteiger partial charge in [-0.3, -0.25) is 4.72 Å². The van der Waals surface area contributed by atoms with Crippen LogP contribution in [0, 0.1) is 11.8 Å². The minimum atomic E-state index is -3.63. The van der Waals surface area contributed by atoms with Gasteiger partial charge in [0.1, 0.15) is 4.21 Å². The van der Waals surface area contributed by atoms with E-state index in [2.05, 4.69) is 16.6 Å². The van der Waals surface area contributed by atoms with Gasteiger partial charge >= 0.3 is 0 Å². The molecule has 2 heterocycles. The van der Waals surface area contributed by atoms with Gasteiger partial charge in [0.2, 0.25) is 0 Å². The molecule has 0 saturated carbocycles. The Morgan fingerprint density at radius 3 is 2.61 bits per heavy atom. The molecule has 1 aromatic carbocycles. The van der Waals surface area contributed by atoms with E-state index >= 15 is 0 Å². The summed E-state index contributed by atoms with van der Waals surface area (Å²) in [5.74, 6) is 6.07. The van der Waals surface area contributed by atoms with Crippen molar-refractivity contribution < 1.29 is 8.42 Å². The molecule has 3 aromatic rings. The normalized spacial score (nSPS) is 10.8. The van der Waals surface area contributed by atoms with Crippen LogP contribution in [0.5, 0.6) is 0 Å². The van der Waals surface area contributed by atoms with Crippen LogP contribution < -0.4 is 4.72 Å².